The van der Waals surface area contributed by atoms with E-state index >= 15 is 0 Å². The van der Waals surface area contributed by atoms with Crippen LogP contribution in [0, 0.1) is 0 Å². The zero-order valence-corrected chi connectivity index (χ0v) is 22.6. The van der Waals surface area contributed by atoms with Crippen LogP contribution in [0.15, 0.2) is 85.1 Å². The van der Waals surface area contributed by atoms with Crippen molar-refractivity contribution in [3.05, 3.63) is 96.7 Å². The zero-order chi connectivity index (χ0) is 26.9. The van der Waals surface area contributed by atoms with Crippen LogP contribution >= 0.6 is 0 Å². The maximum Gasteiger partial charge on any atom is 0.124 e. The minimum absolute atomic E-state index is 0.340. The Morgan fingerprint density at radius 1 is 0.750 bits per heavy atom. The Morgan fingerprint density at radius 2 is 1.48 bits per heavy atom. The first-order valence-corrected chi connectivity index (χ1v) is 14.4. The number of fused-ring (bicyclic) bond motifs is 2. The van der Waals surface area contributed by atoms with Crippen molar-refractivity contribution in [2.75, 3.05) is 13.1 Å². The number of nitrogens with one attached hydrogen (secondary N) is 3. The van der Waals surface area contributed by atoms with Crippen molar-refractivity contribution in [1.29, 1.82) is 0 Å². The highest BCUT2D eigenvalue weighted by atomic mass is 15.0. The van der Waals surface area contributed by atoms with Gasteiger partial charge in [0, 0.05) is 6.42 Å². The SMILES string of the molecule is NCCCCc1ncc(-c2ccc(-c3ccc4ccc(-c5ccc6nc(C7CCCN7)[nH]c6c5)cc4c3)cc2)[nH]1. The Morgan fingerprint density at radius 3 is 2.25 bits per heavy atom. The molecule has 0 saturated carbocycles. The number of imidazole rings is 2. The lowest BCUT2D eigenvalue weighted by Gasteiger charge is -2.08. The maximum absolute atomic E-state index is 5.62. The van der Waals surface area contributed by atoms with Crippen LogP contribution in [0.3, 0.4) is 0 Å². The first kappa shape index (κ1) is 24.8. The fraction of sp³-hybridized carbons (Fsp3) is 0.235. The summed E-state index contributed by atoms with van der Waals surface area (Å²) in [7, 11) is 0. The van der Waals surface area contributed by atoms with Gasteiger partial charge in [-0.25, -0.2) is 9.97 Å². The molecule has 1 aliphatic heterocycles. The van der Waals surface area contributed by atoms with E-state index in [4.69, 9.17) is 10.7 Å². The van der Waals surface area contributed by atoms with Gasteiger partial charge in [0.1, 0.15) is 11.6 Å². The van der Waals surface area contributed by atoms with E-state index in [-0.39, 0.29) is 0 Å². The highest BCUT2D eigenvalue weighted by Crippen LogP contribution is 2.31. The van der Waals surface area contributed by atoms with Crippen LogP contribution in [0.5, 0.6) is 0 Å². The first-order valence-electron chi connectivity index (χ1n) is 14.4. The number of H-pyrrole nitrogens is 2. The summed E-state index contributed by atoms with van der Waals surface area (Å²) in [6.07, 6.45) is 7.29. The highest BCUT2D eigenvalue weighted by Gasteiger charge is 2.19. The van der Waals surface area contributed by atoms with E-state index < -0.39 is 0 Å². The Balaban J connectivity index is 1.13. The van der Waals surface area contributed by atoms with Gasteiger partial charge in [0.15, 0.2) is 0 Å². The molecular formula is C34H34N6. The second kappa shape index (κ2) is 10.7. The quantitative estimate of drug-likeness (QED) is 0.158. The van der Waals surface area contributed by atoms with Crippen LogP contribution in [0.4, 0.5) is 0 Å². The summed E-state index contributed by atoms with van der Waals surface area (Å²) in [4.78, 5) is 16.4. The summed E-state index contributed by atoms with van der Waals surface area (Å²) in [6.45, 7) is 1.79. The van der Waals surface area contributed by atoms with Gasteiger partial charge in [-0.2, -0.15) is 0 Å². The monoisotopic (exact) mass is 526 g/mol. The maximum atomic E-state index is 5.62. The van der Waals surface area contributed by atoms with Crippen LogP contribution < -0.4 is 11.1 Å². The molecule has 0 radical (unpaired) electrons. The molecule has 0 bridgehead atoms. The Bertz CT molecular complexity index is 1770. The van der Waals surface area contributed by atoms with Crippen LogP contribution in [-0.4, -0.2) is 33.0 Å². The molecule has 0 amide bonds. The van der Waals surface area contributed by atoms with Crippen molar-refractivity contribution < 1.29 is 0 Å². The molecule has 1 unspecified atom stereocenters. The number of unbranched alkanes of at least 4 members (excludes halogenated alkanes) is 1. The number of aryl methyl sites for hydroxylation is 1. The van der Waals surface area contributed by atoms with Gasteiger partial charge in [-0.3, -0.25) is 0 Å². The molecule has 1 saturated heterocycles. The average Bonchev–Trinajstić information content (AvgIpc) is 3.78. The Hall–Kier alpha value is -4.26. The topological polar surface area (TPSA) is 95.4 Å². The van der Waals surface area contributed by atoms with Crippen LogP contribution in [0.2, 0.25) is 0 Å². The van der Waals surface area contributed by atoms with Gasteiger partial charge < -0.3 is 21.0 Å². The van der Waals surface area contributed by atoms with Gasteiger partial charge >= 0.3 is 0 Å². The zero-order valence-electron chi connectivity index (χ0n) is 22.6. The first-order chi connectivity index (χ1) is 19.7. The molecule has 6 nitrogen and oxygen atoms in total. The predicted octanol–water partition coefficient (Wildman–Crippen LogP) is 7.15. The number of rotatable bonds is 8. The van der Waals surface area contributed by atoms with E-state index in [0.29, 0.717) is 6.04 Å². The molecule has 4 aromatic carbocycles. The van der Waals surface area contributed by atoms with Gasteiger partial charge in [0.25, 0.3) is 0 Å². The molecule has 2 aromatic heterocycles. The van der Waals surface area contributed by atoms with Gasteiger partial charge in [-0.05, 0) is 102 Å². The van der Waals surface area contributed by atoms with E-state index in [1.165, 1.54) is 39.4 Å². The lowest BCUT2D eigenvalue weighted by Crippen LogP contribution is -2.13. The van der Waals surface area contributed by atoms with E-state index in [1.54, 1.807) is 0 Å². The van der Waals surface area contributed by atoms with Gasteiger partial charge in [-0.1, -0.05) is 54.6 Å². The molecule has 1 fully saturated rings. The number of benzene rings is 4. The fourth-order valence-electron chi connectivity index (χ4n) is 5.81. The molecule has 1 aliphatic rings. The lowest BCUT2D eigenvalue weighted by atomic mass is 9.97. The van der Waals surface area contributed by atoms with Gasteiger partial charge in [-0.15, -0.1) is 0 Å². The van der Waals surface area contributed by atoms with Gasteiger partial charge in [0.05, 0.1) is 29.0 Å². The molecule has 40 heavy (non-hydrogen) atoms. The number of aromatic nitrogens is 4. The summed E-state index contributed by atoms with van der Waals surface area (Å²) < 4.78 is 0. The molecule has 3 heterocycles. The van der Waals surface area contributed by atoms with Crippen molar-refractivity contribution in [1.82, 2.24) is 25.3 Å². The second-order valence-corrected chi connectivity index (χ2v) is 10.8. The van der Waals surface area contributed by atoms with Crippen LogP contribution in [-0.2, 0) is 6.42 Å². The van der Waals surface area contributed by atoms with Gasteiger partial charge in [0.2, 0.25) is 0 Å². The molecule has 0 aliphatic carbocycles. The molecule has 5 N–H and O–H groups in total. The Labute approximate surface area is 234 Å². The lowest BCUT2D eigenvalue weighted by molar-refractivity contribution is 0.614. The van der Waals surface area contributed by atoms with E-state index in [2.05, 4.69) is 99.1 Å². The van der Waals surface area contributed by atoms with Crippen molar-refractivity contribution >= 4 is 21.8 Å². The molecule has 6 aromatic rings. The van der Waals surface area contributed by atoms with Crippen LogP contribution in [0.25, 0.3) is 55.3 Å². The number of nitrogens with two attached hydrogens (primary N) is 1. The third-order valence-electron chi connectivity index (χ3n) is 8.09. The van der Waals surface area contributed by atoms with E-state index in [9.17, 15) is 0 Å². The highest BCUT2D eigenvalue weighted by molar-refractivity contribution is 5.92. The number of hydrogen-bond acceptors (Lipinski definition) is 4. The average molecular weight is 527 g/mol. The molecule has 0 spiro atoms. The van der Waals surface area contributed by atoms with Crippen molar-refractivity contribution in [2.24, 2.45) is 5.73 Å². The number of nitrogens with zero attached hydrogens (tertiary/aromatic N) is 2. The molecule has 7 rings (SSSR count). The van der Waals surface area contributed by atoms with Crippen molar-refractivity contribution in [2.45, 2.75) is 38.1 Å². The minimum atomic E-state index is 0.340. The predicted molar refractivity (Wildman–Crippen MR) is 164 cm³/mol. The Kier molecular flexibility index (Phi) is 6.63. The third-order valence-corrected chi connectivity index (χ3v) is 8.09. The van der Waals surface area contributed by atoms with Crippen LogP contribution in [0.1, 0.15) is 43.4 Å². The third kappa shape index (κ3) is 4.92. The van der Waals surface area contributed by atoms with E-state index in [0.717, 1.165) is 72.7 Å². The van der Waals surface area contributed by atoms with E-state index in [1.807, 2.05) is 6.20 Å². The smallest absolute Gasteiger partial charge is 0.124 e. The van der Waals surface area contributed by atoms with Crippen molar-refractivity contribution in [3.8, 4) is 33.5 Å². The number of hydrogen-bond donors (Lipinski definition) is 4. The minimum Gasteiger partial charge on any atom is -0.342 e. The number of aromatic amines is 2. The summed E-state index contributed by atoms with van der Waals surface area (Å²) in [5.74, 6) is 2.07. The molecule has 200 valence electrons. The summed E-state index contributed by atoms with van der Waals surface area (Å²) in [5.41, 5.74) is 14.7. The summed E-state index contributed by atoms with van der Waals surface area (Å²) >= 11 is 0. The second-order valence-electron chi connectivity index (χ2n) is 10.8. The molecule has 6 heteroatoms. The largest absolute Gasteiger partial charge is 0.342 e. The molecular weight excluding hydrogens is 492 g/mol. The molecule has 1 atom stereocenters. The summed E-state index contributed by atoms with van der Waals surface area (Å²) in [6, 6.07) is 29.0. The normalized spacial score (nSPS) is 15.4. The summed E-state index contributed by atoms with van der Waals surface area (Å²) in [5, 5.41) is 6.01. The fourth-order valence-corrected chi connectivity index (χ4v) is 5.81. The van der Waals surface area contributed by atoms with Crippen molar-refractivity contribution in [3.63, 3.8) is 0 Å². The standard InChI is InChI=1S/C34H34N6/c35-16-2-1-5-33-37-21-32(38-33)24-10-6-22(7-11-24)25-12-8-23-9-13-26(19-28(23)18-25)27-14-15-29-31(20-27)40-34(39-29)30-4-3-17-36-30/h6-15,18-21,30,36H,1-5,16-17,35H2,(H,37,38)(H,39,40).